The Morgan fingerprint density at radius 3 is 2.83 bits per heavy atom. The van der Waals surface area contributed by atoms with Crippen LogP contribution in [0.25, 0.3) is 33.1 Å². The predicted octanol–water partition coefficient (Wildman–Crippen LogP) is 5.77. The molecule has 3 aromatic carbocycles. The van der Waals surface area contributed by atoms with Crippen molar-refractivity contribution in [2.75, 3.05) is 17.6 Å². The van der Waals surface area contributed by atoms with Crippen LogP contribution in [-0.4, -0.2) is 12.3 Å². The van der Waals surface area contributed by atoms with E-state index in [2.05, 4.69) is 53.8 Å². The van der Waals surface area contributed by atoms with E-state index in [-0.39, 0.29) is 0 Å². The number of anilines is 1. The molecular weight excluding hydrogens is 302 g/mol. The summed E-state index contributed by atoms with van der Waals surface area (Å²) < 4.78 is 6.16. The van der Waals surface area contributed by atoms with Gasteiger partial charge in [-0.15, -0.1) is 11.8 Å². The van der Waals surface area contributed by atoms with Crippen LogP contribution in [0.4, 0.5) is 5.69 Å². The maximum atomic E-state index is 6.16. The molecule has 0 spiro atoms. The van der Waals surface area contributed by atoms with Crippen LogP contribution >= 0.6 is 11.8 Å². The Kier molecular flexibility index (Phi) is 2.88. The molecular formula is C20H15NOS. The Morgan fingerprint density at radius 2 is 1.83 bits per heavy atom. The van der Waals surface area contributed by atoms with Gasteiger partial charge < -0.3 is 9.73 Å². The van der Waals surface area contributed by atoms with Crippen molar-refractivity contribution in [1.29, 1.82) is 0 Å². The van der Waals surface area contributed by atoms with E-state index in [1.54, 1.807) is 0 Å². The Morgan fingerprint density at radius 1 is 0.913 bits per heavy atom. The molecule has 2 nitrogen and oxygen atoms in total. The normalized spacial score (nSPS) is 13.9. The topological polar surface area (TPSA) is 25.2 Å². The fourth-order valence-electron chi connectivity index (χ4n) is 3.28. The van der Waals surface area contributed by atoms with Crippen molar-refractivity contribution in [3.8, 4) is 11.1 Å². The SMILES string of the molecule is c1ccc2c(c1)oc1c(-c3ccc4c(c3)NCCS4)cccc12. The summed E-state index contributed by atoms with van der Waals surface area (Å²) in [7, 11) is 0. The lowest BCUT2D eigenvalue weighted by Crippen LogP contribution is -2.09. The quantitative estimate of drug-likeness (QED) is 0.482. The molecule has 1 aliphatic rings. The van der Waals surface area contributed by atoms with E-state index < -0.39 is 0 Å². The lowest BCUT2D eigenvalue weighted by Gasteiger charge is -2.18. The molecule has 2 heterocycles. The van der Waals surface area contributed by atoms with Gasteiger partial charge in [0.25, 0.3) is 0 Å². The fraction of sp³-hybridized carbons (Fsp3) is 0.100. The molecule has 0 bridgehead atoms. The molecule has 23 heavy (non-hydrogen) atoms. The number of nitrogens with one attached hydrogen (secondary N) is 1. The highest BCUT2D eigenvalue weighted by molar-refractivity contribution is 7.99. The number of furan rings is 1. The van der Waals surface area contributed by atoms with Crippen LogP contribution in [0.3, 0.4) is 0 Å². The van der Waals surface area contributed by atoms with Gasteiger partial charge in [-0.1, -0.05) is 42.5 Å². The maximum absolute atomic E-state index is 6.16. The van der Waals surface area contributed by atoms with Gasteiger partial charge in [-0.2, -0.15) is 0 Å². The first kappa shape index (κ1) is 13.1. The van der Waals surface area contributed by atoms with E-state index in [1.807, 2.05) is 23.9 Å². The summed E-state index contributed by atoms with van der Waals surface area (Å²) in [5, 5.41) is 5.85. The minimum absolute atomic E-state index is 0.946. The van der Waals surface area contributed by atoms with Crippen LogP contribution in [0.1, 0.15) is 0 Å². The molecule has 0 aliphatic carbocycles. The summed E-state index contributed by atoms with van der Waals surface area (Å²) in [4.78, 5) is 1.33. The second kappa shape index (κ2) is 5.07. The van der Waals surface area contributed by atoms with E-state index in [1.165, 1.54) is 26.9 Å². The maximum Gasteiger partial charge on any atom is 0.143 e. The average molecular weight is 317 g/mol. The molecule has 112 valence electrons. The molecule has 1 aromatic heterocycles. The number of rotatable bonds is 1. The van der Waals surface area contributed by atoms with E-state index in [0.29, 0.717) is 0 Å². The zero-order chi connectivity index (χ0) is 15.2. The Balaban J connectivity index is 1.77. The molecule has 4 aromatic rings. The lowest BCUT2D eigenvalue weighted by atomic mass is 10.0. The molecule has 0 atom stereocenters. The van der Waals surface area contributed by atoms with E-state index in [4.69, 9.17) is 4.42 Å². The summed E-state index contributed by atoms with van der Waals surface area (Å²) in [6, 6.07) is 21.3. The van der Waals surface area contributed by atoms with Crippen LogP contribution < -0.4 is 5.32 Å². The molecule has 1 N–H and O–H groups in total. The Hall–Kier alpha value is -2.39. The van der Waals surface area contributed by atoms with Crippen molar-refractivity contribution >= 4 is 39.4 Å². The number of para-hydroxylation sites is 2. The zero-order valence-corrected chi connectivity index (χ0v) is 13.3. The summed E-state index contributed by atoms with van der Waals surface area (Å²) in [6.45, 7) is 1.02. The molecule has 0 unspecified atom stereocenters. The second-order valence-electron chi connectivity index (χ2n) is 5.77. The monoisotopic (exact) mass is 317 g/mol. The van der Waals surface area contributed by atoms with Crippen LogP contribution in [-0.2, 0) is 0 Å². The van der Waals surface area contributed by atoms with Gasteiger partial charge in [0.05, 0.1) is 0 Å². The summed E-state index contributed by atoms with van der Waals surface area (Å²) in [6.07, 6.45) is 0. The average Bonchev–Trinajstić information content (AvgIpc) is 3.00. The standard InChI is InChI=1S/C20H15NOS/c1-2-7-18-15(4-1)16-6-3-5-14(20(16)22-18)13-8-9-19-17(12-13)21-10-11-23-19/h1-9,12,21H,10-11H2. The Bertz CT molecular complexity index is 1030. The molecule has 1 aliphatic heterocycles. The first-order chi connectivity index (χ1) is 11.4. The molecule has 0 fully saturated rings. The third-order valence-electron chi connectivity index (χ3n) is 4.37. The minimum Gasteiger partial charge on any atom is -0.455 e. The molecule has 0 amide bonds. The van der Waals surface area contributed by atoms with Gasteiger partial charge in [0, 0.05) is 39.2 Å². The molecule has 0 saturated carbocycles. The van der Waals surface area contributed by atoms with Gasteiger partial charge in [0.2, 0.25) is 0 Å². The van der Waals surface area contributed by atoms with Crippen LogP contribution in [0.5, 0.6) is 0 Å². The zero-order valence-electron chi connectivity index (χ0n) is 12.5. The van der Waals surface area contributed by atoms with E-state index in [0.717, 1.165) is 29.0 Å². The number of hydrogen-bond donors (Lipinski definition) is 1. The van der Waals surface area contributed by atoms with E-state index in [9.17, 15) is 0 Å². The smallest absolute Gasteiger partial charge is 0.143 e. The van der Waals surface area contributed by atoms with Crippen molar-refractivity contribution < 1.29 is 4.42 Å². The fourth-order valence-corrected chi connectivity index (χ4v) is 4.16. The highest BCUT2D eigenvalue weighted by atomic mass is 32.2. The minimum atomic E-state index is 0.946. The highest BCUT2D eigenvalue weighted by Gasteiger charge is 2.14. The van der Waals surface area contributed by atoms with Crippen molar-refractivity contribution in [2.24, 2.45) is 0 Å². The first-order valence-corrected chi connectivity index (χ1v) is 8.80. The van der Waals surface area contributed by atoms with Crippen molar-refractivity contribution in [2.45, 2.75) is 4.90 Å². The van der Waals surface area contributed by atoms with Gasteiger partial charge in [-0.25, -0.2) is 0 Å². The molecule has 3 heteroatoms. The van der Waals surface area contributed by atoms with Gasteiger partial charge >= 0.3 is 0 Å². The van der Waals surface area contributed by atoms with Crippen molar-refractivity contribution in [3.63, 3.8) is 0 Å². The van der Waals surface area contributed by atoms with Crippen molar-refractivity contribution in [1.82, 2.24) is 0 Å². The number of benzene rings is 3. The third kappa shape index (κ3) is 2.04. The largest absolute Gasteiger partial charge is 0.455 e. The van der Waals surface area contributed by atoms with Crippen LogP contribution in [0, 0.1) is 0 Å². The summed E-state index contributed by atoms with van der Waals surface area (Å²) in [5.41, 5.74) is 5.49. The van der Waals surface area contributed by atoms with Gasteiger partial charge in [-0.05, 0) is 23.8 Å². The van der Waals surface area contributed by atoms with Crippen LogP contribution in [0.2, 0.25) is 0 Å². The highest BCUT2D eigenvalue weighted by Crippen LogP contribution is 2.39. The number of hydrogen-bond acceptors (Lipinski definition) is 3. The molecule has 0 radical (unpaired) electrons. The molecule has 0 saturated heterocycles. The first-order valence-electron chi connectivity index (χ1n) is 7.81. The van der Waals surface area contributed by atoms with Gasteiger partial charge in [0.1, 0.15) is 11.2 Å². The summed E-state index contributed by atoms with van der Waals surface area (Å²) >= 11 is 1.91. The summed E-state index contributed by atoms with van der Waals surface area (Å²) in [5.74, 6) is 1.13. The number of fused-ring (bicyclic) bond motifs is 4. The number of thioether (sulfide) groups is 1. The predicted molar refractivity (Wildman–Crippen MR) is 98.4 cm³/mol. The van der Waals surface area contributed by atoms with Crippen LogP contribution in [0.15, 0.2) is 70.0 Å². The van der Waals surface area contributed by atoms with E-state index >= 15 is 0 Å². The molecule has 5 rings (SSSR count). The van der Waals surface area contributed by atoms with Crippen molar-refractivity contribution in [3.05, 3.63) is 60.7 Å². The Labute approximate surface area is 138 Å². The van der Waals surface area contributed by atoms with Gasteiger partial charge in [0.15, 0.2) is 0 Å². The lowest BCUT2D eigenvalue weighted by molar-refractivity contribution is 0.670. The third-order valence-corrected chi connectivity index (χ3v) is 5.45. The van der Waals surface area contributed by atoms with Gasteiger partial charge in [-0.3, -0.25) is 0 Å². The second-order valence-corrected chi connectivity index (χ2v) is 6.90.